The molecule has 0 atom stereocenters. The van der Waals surface area contributed by atoms with Gasteiger partial charge in [-0.25, -0.2) is 0 Å². The summed E-state index contributed by atoms with van der Waals surface area (Å²) in [5.74, 6) is -0.958. The minimum Gasteiger partial charge on any atom is -0.365 e. The number of amides is 3. The molecule has 6 nitrogen and oxygen atoms in total. The number of rotatable bonds is 7. The van der Waals surface area contributed by atoms with E-state index in [2.05, 4.69) is 5.32 Å². The predicted molar refractivity (Wildman–Crippen MR) is 132 cm³/mol. The molecule has 3 N–H and O–H groups in total. The van der Waals surface area contributed by atoms with E-state index in [1.54, 1.807) is 17.4 Å². The van der Waals surface area contributed by atoms with Crippen molar-refractivity contribution in [2.75, 3.05) is 11.9 Å². The van der Waals surface area contributed by atoms with Crippen LogP contribution < -0.4 is 11.1 Å². The van der Waals surface area contributed by atoms with Crippen molar-refractivity contribution < 1.29 is 14.4 Å². The molecule has 1 aromatic carbocycles. The van der Waals surface area contributed by atoms with Crippen molar-refractivity contribution in [2.24, 2.45) is 5.73 Å². The molecule has 1 fully saturated rings. The summed E-state index contributed by atoms with van der Waals surface area (Å²) < 4.78 is 1.37. The van der Waals surface area contributed by atoms with E-state index in [1.165, 1.54) is 28.0 Å². The van der Waals surface area contributed by atoms with Crippen LogP contribution in [-0.4, -0.2) is 33.5 Å². The molecule has 3 aromatic rings. The molecule has 0 spiro atoms. The minimum atomic E-state index is -0.581. The second-order valence-electron chi connectivity index (χ2n) is 6.67. The first-order valence-corrected chi connectivity index (χ1v) is 12.3. The topological polar surface area (TPSA) is 92.5 Å². The zero-order valence-electron chi connectivity index (χ0n) is 16.1. The van der Waals surface area contributed by atoms with E-state index >= 15 is 0 Å². The van der Waals surface area contributed by atoms with Crippen molar-refractivity contribution in [2.45, 2.75) is 12.8 Å². The standard InChI is InChI=1S/C21H17N3O3S4/c22-18(26)17-13-6-1-2-7-14(13)30-19(17)23-16(25)8-3-9-24-20(27)15(31-21(24)28)11-12-5-4-10-29-12/h1-2,4-7,10-11H,3,8-9H2,(H2,22,26)(H,23,25). The summed E-state index contributed by atoms with van der Waals surface area (Å²) in [4.78, 5) is 40.1. The average molecular weight is 488 g/mol. The number of benzene rings is 1. The molecule has 31 heavy (non-hydrogen) atoms. The number of hydrogen-bond donors (Lipinski definition) is 2. The van der Waals surface area contributed by atoms with Gasteiger partial charge in [0.25, 0.3) is 11.8 Å². The van der Waals surface area contributed by atoms with Gasteiger partial charge in [-0.3, -0.25) is 19.3 Å². The van der Waals surface area contributed by atoms with E-state index in [0.717, 1.165) is 15.0 Å². The molecule has 1 saturated heterocycles. The third kappa shape index (κ3) is 4.72. The van der Waals surface area contributed by atoms with Crippen LogP contribution >= 0.6 is 46.7 Å². The van der Waals surface area contributed by atoms with Gasteiger partial charge >= 0.3 is 0 Å². The van der Waals surface area contributed by atoms with Crippen LogP contribution in [0.25, 0.3) is 16.2 Å². The summed E-state index contributed by atoms with van der Waals surface area (Å²) >= 11 is 9.48. The molecule has 10 heteroatoms. The SMILES string of the molecule is NC(=O)c1c(NC(=O)CCCN2C(=O)C(=Cc3cccs3)SC2=S)sc2ccccc12. The van der Waals surface area contributed by atoms with E-state index < -0.39 is 5.91 Å². The Labute approximate surface area is 196 Å². The van der Waals surface area contributed by atoms with E-state index in [4.69, 9.17) is 18.0 Å². The first kappa shape index (κ1) is 21.7. The summed E-state index contributed by atoms with van der Waals surface area (Å²) in [6, 6.07) is 11.2. The van der Waals surface area contributed by atoms with Gasteiger partial charge in [0.1, 0.15) is 9.32 Å². The molecule has 1 aliphatic rings. The van der Waals surface area contributed by atoms with Crippen LogP contribution in [0.3, 0.4) is 0 Å². The van der Waals surface area contributed by atoms with Crippen molar-refractivity contribution in [1.82, 2.24) is 4.90 Å². The van der Waals surface area contributed by atoms with Crippen LogP contribution in [0.4, 0.5) is 5.00 Å². The number of nitrogens with one attached hydrogen (secondary N) is 1. The molecule has 0 bridgehead atoms. The largest absolute Gasteiger partial charge is 0.365 e. The lowest BCUT2D eigenvalue weighted by atomic mass is 10.1. The second kappa shape index (κ2) is 9.31. The summed E-state index contributed by atoms with van der Waals surface area (Å²) in [7, 11) is 0. The summed E-state index contributed by atoms with van der Waals surface area (Å²) in [6.07, 6.45) is 2.47. The van der Waals surface area contributed by atoms with Gasteiger partial charge in [0.2, 0.25) is 5.91 Å². The fourth-order valence-electron chi connectivity index (χ4n) is 3.16. The number of anilines is 1. The van der Waals surface area contributed by atoms with Gasteiger partial charge in [0.15, 0.2) is 0 Å². The normalized spacial score (nSPS) is 15.2. The Kier molecular flexibility index (Phi) is 6.51. The lowest BCUT2D eigenvalue weighted by molar-refractivity contribution is -0.122. The number of thiocarbonyl (C=S) groups is 1. The molecular weight excluding hydrogens is 471 g/mol. The summed E-state index contributed by atoms with van der Waals surface area (Å²) in [5.41, 5.74) is 5.85. The molecule has 0 unspecified atom stereocenters. The molecule has 0 aliphatic carbocycles. The molecule has 3 heterocycles. The van der Waals surface area contributed by atoms with Gasteiger partial charge < -0.3 is 11.1 Å². The van der Waals surface area contributed by atoms with Gasteiger partial charge in [-0.2, -0.15) is 0 Å². The van der Waals surface area contributed by atoms with E-state index in [0.29, 0.717) is 32.8 Å². The van der Waals surface area contributed by atoms with Crippen LogP contribution in [0.2, 0.25) is 0 Å². The van der Waals surface area contributed by atoms with Crippen molar-refractivity contribution in [3.8, 4) is 0 Å². The quantitative estimate of drug-likeness (QED) is 0.373. The maximum absolute atomic E-state index is 12.6. The minimum absolute atomic E-state index is 0.135. The van der Waals surface area contributed by atoms with E-state index in [-0.39, 0.29) is 18.2 Å². The number of hydrogen-bond acceptors (Lipinski definition) is 7. The molecule has 0 saturated carbocycles. The average Bonchev–Trinajstić information content (AvgIpc) is 3.42. The van der Waals surface area contributed by atoms with Crippen molar-refractivity contribution in [1.29, 1.82) is 0 Å². The number of primary amides is 1. The van der Waals surface area contributed by atoms with Crippen LogP contribution in [0.15, 0.2) is 46.7 Å². The maximum Gasteiger partial charge on any atom is 0.266 e. The lowest BCUT2D eigenvalue weighted by Gasteiger charge is -2.14. The molecule has 0 radical (unpaired) electrons. The molecule has 2 aromatic heterocycles. The number of fused-ring (bicyclic) bond motifs is 1. The Hall–Kier alpha value is -2.53. The number of carbonyl (C=O) groups is 3. The van der Waals surface area contributed by atoms with Crippen LogP contribution in [0.5, 0.6) is 0 Å². The molecule has 158 valence electrons. The zero-order chi connectivity index (χ0) is 22.0. The highest BCUT2D eigenvalue weighted by atomic mass is 32.2. The fourth-order valence-corrected chi connectivity index (χ4v) is 6.32. The van der Waals surface area contributed by atoms with Crippen LogP contribution in [0.1, 0.15) is 28.1 Å². The van der Waals surface area contributed by atoms with Crippen molar-refractivity contribution in [3.63, 3.8) is 0 Å². The van der Waals surface area contributed by atoms with Crippen molar-refractivity contribution in [3.05, 3.63) is 57.1 Å². The first-order valence-electron chi connectivity index (χ1n) is 9.34. The fraction of sp³-hybridized carbons (Fsp3) is 0.143. The highest BCUT2D eigenvalue weighted by Crippen LogP contribution is 2.36. The van der Waals surface area contributed by atoms with Gasteiger partial charge in [-0.05, 0) is 30.0 Å². The Morgan fingerprint density at radius 3 is 2.74 bits per heavy atom. The molecule has 1 aliphatic heterocycles. The Bertz CT molecular complexity index is 1210. The smallest absolute Gasteiger partial charge is 0.266 e. The number of nitrogens with zero attached hydrogens (tertiary/aromatic N) is 1. The van der Waals surface area contributed by atoms with Gasteiger partial charge in [-0.15, -0.1) is 22.7 Å². The number of carbonyl (C=O) groups excluding carboxylic acids is 3. The third-order valence-corrected chi connectivity index (χ3v) is 7.85. The predicted octanol–water partition coefficient (Wildman–Crippen LogP) is 4.68. The number of thioether (sulfide) groups is 1. The molecular formula is C21H17N3O3S4. The molecule has 3 amide bonds. The summed E-state index contributed by atoms with van der Waals surface area (Å²) in [6.45, 7) is 0.356. The third-order valence-electron chi connectivity index (χ3n) is 4.57. The second-order valence-corrected chi connectivity index (χ2v) is 10.4. The van der Waals surface area contributed by atoms with Gasteiger partial charge in [-0.1, -0.05) is 48.2 Å². The van der Waals surface area contributed by atoms with Gasteiger partial charge in [0.05, 0.1) is 10.5 Å². The van der Waals surface area contributed by atoms with Crippen LogP contribution in [0, 0.1) is 0 Å². The lowest BCUT2D eigenvalue weighted by Crippen LogP contribution is -2.29. The summed E-state index contributed by atoms with van der Waals surface area (Å²) in [5, 5.41) is 5.92. The van der Waals surface area contributed by atoms with Crippen molar-refractivity contribution >= 4 is 89.9 Å². The van der Waals surface area contributed by atoms with E-state index in [9.17, 15) is 14.4 Å². The van der Waals surface area contributed by atoms with E-state index in [1.807, 2.05) is 41.8 Å². The Morgan fingerprint density at radius 2 is 2.00 bits per heavy atom. The monoisotopic (exact) mass is 487 g/mol. The Morgan fingerprint density at radius 1 is 1.19 bits per heavy atom. The highest BCUT2D eigenvalue weighted by molar-refractivity contribution is 8.26. The number of thiophene rings is 2. The molecule has 4 rings (SSSR count). The first-order chi connectivity index (χ1) is 14.9. The zero-order valence-corrected chi connectivity index (χ0v) is 19.4. The highest BCUT2D eigenvalue weighted by Gasteiger charge is 2.31. The van der Waals surface area contributed by atoms with Crippen LogP contribution in [-0.2, 0) is 9.59 Å². The Balaban J connectivity index is 1.36. The van der Waals surface area contributed by atoms with Gasteiger partial charge in [0, 0.05) is 27.9 Å². The number of nitrogens with two attached hydrogens (primary N) is 1. The maximum atomic E-state index is 12.6.